The van der Waals surface area contributed by atoms with Crippen LogP contribution in [-0.2, 0) is 0 Å². The highest BCUT2D eigenvalue weighted by atomic mass is 32.1. The number of hydrogen-bond donors (Lipinski definition) is 0. The maximum absolute atomic E-state index is 6.37. The summed E-state index contributed by atoms with van der Waals surface area (Å²) in [4.78, 5) is 15.8. The van der Waals surface area contributed by atoms with E-state index in [0.29, 0.717) is 17.5 Å². The van der Waals surface area contributed by atoms with Crippen molar-refractivity contribution < 1.29 is 4.42 Å². The largest absolute Gasteiger partial charge is 0.456 e. The first-order valence-corrected chi connectivity index (χ1v) is 22.2. The molecule has 0 N–H and O–H groups in total. The fourth-order valence-electron chi connectivity index (χ4n) is 9.89. The fraction of sp³-hybridized carbons (Fsp3) is 0. The van der Waals surface area contributed by atoms with Crippen LogP contribution in [-0.4, -0.2) is 24.1 Å². The minimum atomic E-state index is 0.582. The number of nitrogens with zero attached hydrogens (tertiary/aromatic N) is 5. The van der Waals surface area contributed by atoms with Crippen LogP contribution >= 0.6 is 11.3 Å². The molecule has 7 heteroatoms. The van der Waals surface area contributed by atoms with E-state index in [9.17, 15) is 0 Å². The Morgan fingerprint density at radius 2 is 0.922 bits per heavy atom. The zero-order valence-corrected chi connectivity index (χ0v) is 34.9. The number of fused-ring (bicyclic) bond motifs is 12. The first-order chi connectivity index (χ1) is 31.7. The van der Waals surface area contributed by atoms with Gasteiger partial charge in [-0.05, 0) is 78.9 Å². The van der Waals surface area contributed by atoms with Gasteiger partial charge in [0.1, 0.15) is 11.2 Å². The summed E-state index contributed by atoms with van der Waals surface area (Å²) in [5.74, 6) is 1.80. The number of rotatable bonds is 5. The molecule has 0 fully saturated rings. The molecule has 0 aliphatic heterocycles. The lowest BCUT2D eigenvalue weighted by Crippen LogP contribution is -2.01. The lowest BCUT2D eigenvalue weighted by atomic mass is 10.1. The van der Waals surface area contributed by atoms with Crippen LogP contribution in [0.2, 0.25) is 0 Å². The molecule has 5 heterocycles. The fourth-order valence-corrected chi connectivity index (χ4v) is 11.1. The third-order valence-corrected chi connectivity index (χ3v) is 14.0. The quantitative estimate of drug-likeness (QED) is 0.173. The first kappa shape index (κ1) is 35.2. The Morgan fingerprint density at radius 1 is 0.344 bits per heavy atom. The zero-order chi connectivity index (χ0) is 41.9. The SMILES string of the molecule is c1ccc(-n2c3ccccc3c3cc4c5ccccc5n(-c5cccc(-c6nc(-c7ccc8c(c7)oc7ccccc78)nc(-c7cccc8c7sc7ccccc78)n6)c5)c4cc32)cc1. The molecule has 5 aromatic heterocycles. The lowest BCUT2D eigenvalue weighted by molar-refractivity contribution is 0.669. The van der Waals surface area contributed by atoms with Crippen LogP contribution < -0.4 is 0 Å². The van der Waals surface area contributed by atoms with Crippen molar-refractivity contribution in [2.24, 2.45) is 0 Å². The predicted octanol–water partition coefficient (Wildman–Crippen LogP) is 15.3. The molecular weight excluding hydrogens is 803 g/mol. The summed E-state index contributed by atoms with van der Waals surface area (Å²) in [5.41, 5.74) is 11.1. The van der Waals surface area contributed by atoms with E-state index < -0.39 is 0 Å². The normalized spacial score (nSPS) is 12.1. The summed E-state index contributed by atoms with van der Waals surface area (Å²) in [5, 5.41) is 9.42. The topological polar surface area (TPSA) is 61.7 Å². The molecule has 6 nitrogen and oxygen atoms in total. The monoisotopic (exact) mass is 835 g/mol. The van der Waals surface area contributed by atoms with Crippen molar-refractivity contribution in [1.82, 2.24) is 24.1 Å². The second-order valence-electron chi connectivity index (χ2n) is 16.4. The molecule has 14 aromatic rings. The van der Waals surface area contributed by atoms with Crippen molar-refractivity contribution in [3.05, 3.63) is 200 Å². The molecule has 9 aromatic carbocycles. The summed E-state index contributed by atoms with van der Waals surface area (Å²) in [7, 11) is 0. The van der Waals surface area contributed by atoms with Crippen LogP contribution in [0.25, 0.3) is 131 Å². The highest BCUT2D eigenvalue weighted by Crippen LogP contribution is 2.42. The van der Waals surface area contributed by atoms with Gasteiger partial charge in [0.25, 0.3) is 0 Å². The van der Waals surface area contributed by atoms with Gasteiger partial charge in [0.2, 0.25) is 0 Å². The van der Waals surface area contributed by atoms with Gasteiger partial charge in [-0.2, -0.15) is 0 Å². The van der Waals surface area contributed by atoms with Crippen molar-refractivity contribution in [2.45, 2.75) is 0 Å². The smallest absolute Gasteiger partial charge is 0.165 e. The van der Waals surface area contributed by atoms with E-state index in [2.05, 4.69) is 191 Å². The van der Waals surface area contributed by atoms with Gasteiger partial charge in [-0.15, -0.1) is 11.3 Å². The summed E-state index contributed by atoms with van der Waals surface area (Å²) >= 11 is 1.77. The highest BCUT2D eigenvalue weighted by Gasteiger charge is 2.21. The average molecular weight is 836 g/mol. The third-order valence-electron chi connectivity index (χ3n) is 12.8. The Kier molecular flexibility index (Phi) is 7.46. The highest BCUT2D eigenvalue weighted by molar-refractivity contribution is 7.26. The molecule has 0 bridgehead atoms. The molecule has 0 unspecified atom stereocenters. The van der Waals surface area contributed by atoms with E-state index in [0.717, 1.165) is 71.3 Å². The number of furan rings is 1. The maximum atomic E-state index is 6.37. The third kappa shape index (κ3) is 5.22. The van der Waals surface area contributed by atoms with E-state index >= 15 is 0 Å². The molecule has 0 amide bonds. The second kappa shape index (κ2) is 13.6. The van der Waals surface area contributed by atoms with Crippen LogP contribution in [0.3, 0.4) is 0 Å². The van der Waals surface area contributed by atoms with Crippen LogP contribution in [0.15, 0.2) is 205 Å². The predicted molar refractivity (Wildman–Crippen MR) is 265 cm³/mol. The van der Waals surface area contributed by atoms with E-state index in [1.54, 1.807) is 11.3 Å². The molecule has 298 valence electrons. The van der Waals surface area contributed by atoms with Gasteiger partial charge in [-0.25, -0.2) is 15.0 Å². The molecule has 14 rings (SSSR count). The minimum Gasteiger partial charge on any atom is -0.456 e. The summed E-state index contributed by atoms with van der Waals surface area (Å²) in [6.07, 6.45) is 0. The molecule has 0 saturated carbocycles. The van der Waals surface area contributed by atoms with Gasteiger partial charge in [0, 0.05) is 80.6 Å². The Hall–Kier alpha value is -8.39. The molecule has 64 heavy (non-hydrogen) atoms. The molecule has 0 atom stereocenters. The van der Waals surface area contributed by atoms with Crippen molar-refractivity contribution >= 4 is 97.1 Å². The summed E-state index contributed by atoms with van der Waals surface area (Å²) in [6.45, 7) is 0. The standard InChI is InChI=1S/C57H33N5OS/c1-2-15-36(16-3-1)61-47-24-8-4-18-38(47)45-32-46-39-19-5-9-25-48(39)62(50(46)33-49(45)61)37-17-12-14-34(30-37)55-58-56(35-28-29-41-40-20-6-10-26-51(40)63-52(41)31-35)60-57(59-55)44-23-13-22-43-42-21-7-11-27-53(42)64-54(43)44/h1-33H. The van der Waals surface area contributed by atoms with Gasteiger partial charge in [-0.3, -0.25) is 0 Å². The van der Waals surface area contributed by atoms with Crippen LogP contribution in [0, 0.1) is 0 Å². The van der Waals surface area contributed by atoms with E-state index in [1.807, 2.05) is 18.2 Å². The maximum Gasteiger partial charge on any atom is 0.165 e. The molecular formula is C57H33N5OS. The first-order valence-electron chi connectivity index (χ1n) is 21.4. The molecule has 0 saturated heterocycles. The average Bonchev–Trinajstić information content (AvgIpc) is 4.11. The summed E-state index contributed by atoms with van der Waals surface area (Å²) in [6, 6.07) is 70.9. The number of benzene rings is 9. The number of aromatic nitrogens is 5. The van der Waals surface area contributed by atoms with Crippen LogP contribution in [0.1, 0.15) is 0 Å². The number of thiophene rings is 1. The van der Waals surface area contributed by atoms with Gasteiger partial charge in [-0.1, -0.05) is 121 Å². The van der Waals surface area contributed by atoms with Crippen molar-refractivity contribution in [1.29, 1.82) is 0 Å². The second-order valence-corrected chi connectivity index (χ2v) is 17.4. The minimum absolute atomic E-state index is 0.582. The van der Waals surface area contributed by atoms with Crippen molar-refractivity contribution in [3.8, 4) is 45.5 Å². The van der Waals surface area contributed by atoms with Gasteiger partial charge in [0.15, 0.2) is 17.5 Å². The van der Waals surface area contributed by atoms with Crippen molar-refractivity contribution in [3.63, 3.8) is 0 Å². The molecule has 0 aliphatic carbocycles. The van der Waals surface area contributed by atoms with Gasteiger partial charge >= 0.3 is 0 Å². The number of hydrogen-bond acceptors (Lipinski definition) is 5. The Labute approximate surface area is 369 Å². The van der Waals surface area contributed by atoms with E-state index in [1.165, 1.54) is 42.5 Å². The Balaban J connectivity index is 0.997. The summed E-state index contributed by atoms with van der Waals surface area (Å²) < 4.78 is 13.5. The van der Waals surface area contributed by atoms with Crippen molar-refractivity contribution in [2.75, 3.05) is 0 Å². The molecule has 0 spiro atoms. The Bertz CT molecular complexity index is 4210. The van der Waals surface area contributed by atoms with Crippen LogP contribution in [0.5, 0.6) is 0 Å². The van der Waals surface area contributed by atoms with E-state index in [4.69, 9.17) is 19.4 Å². The van der Waals surface area contributed by atoms with Gasteiger partial charge in [0.05, 0.1) is 22.1 Å². The zero-order valence-electron chi connectivity index (χ0n) is 34.1. The lowest BCUT2D eigenvalue weighted by Gasteiger charge is -2.12. The number of para-hydroxylation sites is 4. The van der Waals surface area contributed by atoms with Gasteiger partial charge < -0.3 is 13.6 Å². The molecule has 0 radical (unpaired) electrons. The van der Waals surface area contributed by atoms with Crippen LogP contribution in [0.4, 0.5) is 0 Å². The van der Waals surface area contributed by atoms with E-state index in [-0.39, 0.29) is 0 Å². The molecule has 0 aliphatic rings. The Morgan fingerprint density at radius 3 is 1.70 bits per heavy atom.